The first-order valence-electron chi connectivity index (χ1n) is 1.74. The molecule has 40 valence electrons. The van der Waals surface area contributed by atoms with Crippen molar-refractivity contribution in [2.24, 2.45) is 0 Å². The third-order valence-electron chi connectivity index (χ3n) is 0.382. The number of hydrogen-bond donors (Lipinski definition) is 1. The summed E-state index contributed by atoms with van der Waals surface area (Å²) < 4.78 is 0. The summed E-state index contributed by atoms with van der Waals surface area (Å²) in [4.78, 5) is 9.96. The van der Waals surface area contributed by atoms with Gasteiger partial charge in [-0.1, -0.05) is 17.7 Å². The van der Waals surface area contributed by atoms with Crippen LogP contribution in [0.25, 0.3) is 0 Å². The molecule has 0 N–H and O–H groups in total. The Morgan fingerprint density at radius 3 is 2.57 bits per heavy atom. The number of allylic oxidation sites excluding steroid dienone is 1. The predicted octanol–water partition coefficient (Wildman–Crippen LogP) is 1.59. The van der Waals surface area contributed by atoms with Gasteiger partial charge in [-0.3, -0.25) is 4.79 Å². The largest absolute Gasteiger partial charge is 0.287 e. The summed E-state index contributed by atoms with van der Waals surface area (Å²) in [6.07, 6.45) is 1.85. The number of rotatable bonds is 2. The maximum atomic E-state index is 9.96. The monoisotopic (exact) mass is 136 g/mol. The molecule has 0 aromatic carbocycles. The van der Waals surface area contributed by atoms with Crippen LogP contribution < -0.4 is 0 Å². The maximum absolute atomic E-state index is 9.96. The van der Waals surface area contributed by atoms with Crippen LogP contribution in [0.3, 0.4) is 0 Å². The van der Waals surface area contributed by atoms with Crippen LogP contribution in [0.5, 0.6) is 0 Å². The molecule has 0 bridgehead atoms. The van der Waals surface area contributed by atoms with Crippen molar-refractivity contribution in [1.29, 1.82) is 0 Å². The van der Waals surface area contributed by atoms with Crippen LogP contribution in [0.4, 0.5) is 0 Å². The highest BCUT2D eigenvalue weighted by atomic mass is 35.5. The molecule has 1 nitrogen and oxygen atoms in total. The zero-order valence-corrected chi connectivity index (χ0v) is 5.25. The normalized spacial score (nSPS) is 10.0. The van der Waals surface area contributed by atoms with Crippen molar-refractivity contribution < 1.29 is 4.79 Å². The van der Waals surface area contributed by atoms with Crippen molar-refractivity contribution in [2.75, 3.05) is 0 Å². The minimum absolute atomic E-state index is 0.170. The molecule has 0 aromatic heterocycles. The van der Waals surface area contributed by atoms with E-state index in [1.165, 1.54) is 11.6 Å². The van der Waals surface area contributed by atoms with Crippen molar-refractivity contribution in [3.05, 3.63) is 11.6 Å². The first-order valence-corrected chi connectivity index (χ1v) is 2.62. The Morgan fingerprint density at radius 2 is 2.43 bits per heavy atom. The second-order valence-corrected chi connectivity index (χ2v) is 1.71. The minimum atomic E-state index is -0.170. The first-order chi connectivity index (χ1) is 3.27. The second-order valence-electron chi connectivity index (χ2n) is 0.960. The summed E-state index contributed by atoms with van der Waals surface area (Å²) in [7, 11) is 0. The molecular weight excluding hydrogens is 132 g/mol. The molecule has 0 radical (unpaired) electrons. The summed E-state index contributed by atoms with van der Waals surface area (Å²) >= 11 is 8.56. The van der Waals surface area contributed by atoms with Crippen LogP contribution in [-0.4, -0.2) is 5.12 Å². The van der Waals surface area contributed by atoms with E-state index in [0.717, 1.165) is 0 Å². The maximum Gasteiger partial charge on any atom is 0.189 e. The molecule has 0 unspecified atom stereocenters. The molecule has 0 spiro atoms. The van der Waals surface area contributed by atoms with E-state index < -0.39 is 0 Å². The summed E-state index contributed by atoms with van der Waals surface area (Å²) in [6.45, 7) is 0. The van der Waals surface area contributed by atoms with Gasteiger partial charge in [-0.15, -0.1) is 12.6 Å². The lowest BCUT2D eigenvalue weighted by Crippen LogP contribution is -1.77. The van der Waals surface area contributed by atoms with Crippen molar-refractivity contribution >= 4 is 29.3 Å². The van der Waals surface area contributed by atoms with Crippen molar-refractivity contribution in [3.8, 4) is 0 Å². The van der Waals surface area contributed by atoms with Gasteiger partial charge in [0.05, 0.1) is 0 Å². The standard InChI is InChI=1S/C4H5ClOS/c5-3-1-2-4(6)7/h1,3H,2H2,(H,6,7). The highest BCUT2D eigenvalue weighted by molar-refractivity contribution is 7.96. The highest BCUT2D eigenvalue weighted by Crippen LogP contribution is 1.89. The van der Waals surface area contributed by atoms with Crippen LogP contribution >= 0.6 is 24.2 Å². The lowest BCUT2D eigenvalue weighted by atomic mass is 10.5. The van der Waals surface area contributed by atoms with Gasteiger partial charge in [-0.25, -0.2) is 0 Å². The van der Waals surface area contributed by atoms with Gasteiger partial charge in [0, 0.05) is 12.0 Å². The van der Waals surface area contributed by atoms with E-state index in [9.17, 15) is 4.79 Å². The first kappa shape index (κ1) is 7.05. The van der Waals surface area contributed by atoms with E-state index in [2.05, 4.69) is 12.6 Å². The zero-order chi connectivity index (χ0) is 5.70. The lowest BCUT2D eigenvalue weighted by Gasteiger charge is -1.76. The van der Waals surface area contributed by atoms with E-state index in [4.69, 9.17) is 11.6 Å². The summed E-state index contributed by atoms with van der Waals surface area (Å²) in [5, 5.41) is -0.170. The highest BCUT2D eigenvalue weighted by Gasteiger charge is 1.83. The lowest BCUT2D eigenvalue weighted by molar-refractivity contribution is -0.110. The molecule has 0 aliphatic heterocycles. The van der Waals surface area contributed by atoms with Gasteiger partial charge in [-0.2, -0.15) is 0 Å². The van der Waals surface area contributed by atoms with Gasteiger partial charge < -0.3 is 0 Å². The average Bonchev–Trinajstić information content (AvgIpc) is 1.61. The van der Waals surface area contributed by atoms with Crippen molar-refractivity contribution in [3.63, 3.8) is 0 Å². The Labute approximate surface area is 52.8 Å². The zero-order valence-electron chi connectivity index (χ0n) is 3.60. The third kappa shape index (κ3) is 6.05. The fourth-order valence-electron chi connectivity index (χ4n) is 0.145. The van der Waals surface area contributed by atoms with Gasteiger partial charge in [0.2, 0.25) is 0 Å². The number of hydrogen-bond acceptors (Lipinski definition) is 1. The molecule has 0 saturated carbocycles. The fourth-order valence-corrected chi connectivity index (χ4v) is 0.340. The van der Waals surface area contributed by atoms with Crippen molar-refractivity contribution in [2.45, 2.75) is 6.42 Å². The second kappa shape index (κ2) is 4.22. The van der Waals surface area contributed by atoms with Crippen LogP contribution in [0, 0.1) is 0 Å². The van der Waals surface area contributed by atoms with Gasteiger partial charge in [0.15, 0.2) is 5.12 Å². The van der Waals surface area contributed by atoms with E-state index >= 15 is 0 Å². The molecule has 0 heterocycles. The molecule has 0 rings (SSSR count). The van der Waals surface area contributed by atoms with Crippen LogP contribution in [-0.2, 0) is 4.79 Å². The number of carbonyl (C=O) groups excluding carboxylic acids is 1. The number of thiol groups is 1. The molecule has 0 aliphatic rings. The molecule has 0 fully saturated rings. The van der Waals surface area contributed by atoms with E-state index in [-0.39, 0.29) is 5.12 Å². The van der Waals surface area contributed by atoms with Crippen LogP contribution in [0.15, 0.2) is 11.6 Å². The third-order valence-corrected chi connectivity index (χ3v) is 0.742. The molecular formula is C4H5ClOS. The molecule has 0 aromatic rings. The molecule has 0 atom stereocenters. The molecule has 3 heteroatoms. The predicted molar refractivity (Wildman–Crippen MR) is 33.6 cm³/mol. The van der Waals surface area contributed by atoms with E-state index in [1.54, 1.807) is 0 Å². The topological polar surface area (TPSA) is 17.1 Å². The SMILES string of the molecule is O=C(S)CC=CCl. The summed E-state index contributed by atoms with van der Waals surface area (Å²) in [6, 6.07) is 0. The molecule has 0 amide bonds. The molecule has 0 aliphatic carbocycles. The Balaban J connectivity index is 3.14. The molecule has 7 heavy (non-hydrogen) atoms. The smallest absolute Gasteiger partial charge is 0.189 e. The van der Waals surface area contributed by atoms with Gasteiger partial charge in [-0.05, 0) is 0 Å². The van der Waals surface area contributed by atoms with E-state index in [0.29, 0.717) is 6.42 Å². The van der Waals surface area contributed by atoms with Crippen LogP contribution in [0.1, 0.15) is 6.42 Å². The van der Waals surface area contributed by atoms with Crippen LogP contribution in [0.2, 0.25) is 0 Å². The summed E-state index contributed by atoms with van der Waals surface area (Å²) in [5.41, 5.74) is 1.30. The number of carbonyl (C=O) groups is 1. The summed E-state index contributed by atoms with van der Waals surface area (Å²) in [5.74, 6) is 0. The average molecular weight is 137 g/mol. The van der Waals surface area contributed by atoms with Gasteiger partial charge in [0.25, 0.3) is 0 Å². The quantitative estimate of drug-likeness (QED) is 0.571. The fraction of sp³-hybridized carbons (Fsp3) is 0.250. The minimum Gasteiger partial charge on any atom is -0.287 e. The van der Waals surface area contributed by atoms with Gasteiger partial charge in [0.1, 0.15) is 0 Å². The Morgan fingerprint density at radius 1 is 1.86 bits per heavy atom. The Kier molecular flexibility index (Phi) is 4.25. The van der Waals surface area contributed by atoms with Gasteiger partial charge >= 0.3 is 0 Å². The van der Waals surface area contributed by atoms with Crippen molar-refractivity contribution in [1.82, 2.24) is 0 Å². The molecule has 0 saturated heterocycles. The Bertz CT molecular complexity index is 89.7. The number of halogens is 1. The Hall–Kier alpha value is 0.0500. The van der Waals surface area contributed by atoms with E-state index in [1.807, 2.05) is 0 Å².